The topological polar surface area (TPSA) is 6.48 Å². The molecule has 0 amide bonds. The summed E-state index contributed by atoms with van der Waals surface area (Å²) in [7, 11) is 0. The van der Waals surface area contributed by atoms with Crippen molar-refractivity contribution in [1.82, 2.24) is 10.7 Å². The maximum absolute atomic E-state index is 11.8. The van der Waals surface area contributed by atoms with Crippen molar-refractivity contribution in [1.29, 1.82) is 0 Å². The fourth-order valence-corrected chi connectivity index (χ4v) is 1.38. The lowest BCUT2D eigenvalue weighted by molar-refractivity contribution is -0.250. The summed E-state index contributed by atoms with van der Waals surface area (Å²) in [6, 6.07) is -2.60. The standard InChI is InChI=1S/C5H8F4N2/c6-10(7)4-2-1-3-5(4)11(8)9/h4-5H,1-3H2. The highest BCUT2D eigenvalue weighted by molar-refractivity contribution is 4.83. The van der Waals surface area contributed by atoms with Crippen molar-refractivity contribution in [2.75, 3.05) is 0 Å². The second-order valence-electron chi connectivity index (χ2n) is 2.58. The molecule has 0 radical (unpaired) electrons. The van der Waals surface area contributed by atoms with E-state index in [1.807, 2.05) is 0 Å². The average molecular weight is 172 g/mol. The molecule has 0 aliphatic heterocycles. The molecule has 0 aromatic heterocycles. The van der Waals surface area contributed by atoms with Crippen LogP contribution in [0.4, 0.5) is 17.9 Å². The molecule has 0 N–H and O–H groups in total. The van der Waals surface area contributed by atoms with E-state index in [9.17, 15) is 17.9 Å². The first-order chi connectivity index (χ1) is 5.13. The van der Waals surface area contributed by atoms with Crippen LogP contribution in [0.25, 0.3) is 0 Å². The van der Waals surface area contributed by atoms with E-state index in [1.165, 1.54) is 0 Å². The lowest BCUT2D eigenvalue weighted by atomic mass is 10.2. The quantitative estimate of drug-likeness (QED) is 0.464. The van der Waals surface area contributed by atoms with Crippen LogP contribution in [-0.4, -0.2) is 22.8 Å². The molecule has 1 rings (SSSR count). The van der Waals surface area contributed by atoms with Gasteiger partial charge in [-0.25, -0.2) is 0 Å². The van der Waals surface area contributed by atoms with Crippen molar-refractivity contribution in [3.05, 3.63) is 0 Å². The molecule has 2 atom stereocenters. The molecule has 2 nitrogen and oxygen atoms in total. The molecule has 2 unspecified atom stereocenters. The SMILES string of the molecule is FN(F)C1CCCC1N(F)F. The first-order valence-corrected chi connectivity index (χ1v) is 3.34. The maximum Gasteiger partial charge on any atom is 0.0939 e. The Hall–Kier alpha value is -0.360. The van der Waals surface area contributed by atoms with Gasteiger partial charge in [0.25, 0.3) is 0 Å². The molecule has 1 saturated carbocycles. The van der Waals surface area contributed by atoms with E-state index in [2.05, 4.69) is 0 Å². The molecule has 0 aromatic rings. The van der Waals surface area contributed by atoms with Crippen molar-refractivity contribution in [2.24, 2.45) is 0 Å². The molecule has 0 heterocycles. The minimum Gasteiger partial charge on any atom is -0.101 e. The summed E-state index contributed by atoms with van der Waals surface area (Å²) < 4.78 is 47.3. The summed E-state index contributed by atoms with van der Waals surface area (Å²) in [5.74, 6) is 0. The molecule has 0 spiro atoms. The van der Waals surface area contributed by atoms with Crippen LogP contribution in [-0.2, 0) is 0 Å². The Bertz CT molecular complexity index is 116. The van der Waals surface area contributed by atoms with Crippen LogP contribution in [0.2, 0.25) is 0 Å². The normalized spacial score (nSPS) is 32.2. The van der Waals surface area contributed by atoms with Crippen LogP contribution in [0, 0.1) is 0 Å². The molecule has 0 bridgehead atoms. The zero-order valence-corrected chi connectivity index (χ0v) is 5.68. The zero-order valence-electron chi connectivity index (χ0n) is 5.68. The number of nitrogens with zero attached hydrogens (tertiary/aromatic N) is 2. The number of hydrogen-bond donors (Lipinski definition) is 0. The fraction of sp³-hybridized carbons (Fsp3) is 1.00. The van der Waals surface area contributed by atoms with E-state index >= 15 is 0 Å². The van der Waals surface area contributed by atoms with Crippen LogP contribution in [0.3, 0.4) is 0 Å². The van der Waals surface area contributed by atoms with Crippen molar-refractivity contribution in [2.45, 2.75) is 31.3 Å². The summed E-state index contributed by atoms with van der Waals surface area (Å²) >= 11 is 0. The van der Waals surface area contributed by atoms with Crippen molar-refractivity contribution < 1.29 is 17.9 Å². The number of rotatable bonds is 2. The van der Waals surface area contributed by atoms with Gasteiger partial charge in [-0.2, -0.15) is 0 Å². The van der Waals surface area contributed by atoms with Gasteiger partial charge in [0.2, 0.25) is 0 Å². The summed E-state index contributed by atoms with van der Waals surface area (Å²) in [5, 5.41) is -2.24. The van der Waals surface area contributed by atoms with Crippen molar-refractivity contribution in [3.63, 3.8) is 0 Å². The average Bonchev–Trinajstić information content (AvgIpc) is 2.32. The Kier molecular flexibility index (Phi) is 2.67. The molecule has 66 valence electrons. The van der Waals surface area contributed by atoms with Gasteiger partial charge in [-0.05, 0) is 19.3 Å². The van der Waals surface area contributed by atoms with Gasteiger partial charge in [0, 0.05) is 10.7 Å². The summed E-state index contributed by atoms with van der Waals surface area (Å²) in [5.41, 5.74) is 0. The Labute approximate surface area is 61.1 Å². The molecule has 0 aromatic carbocycles. The molecule has 0 saturated heterocycles. The molecular weight excluding hydrogens is 164 g/mol. The minimum atomic E-state index is -1.30. The molecular formula is C5H8F4N2. The van der Waals surface area contributed by atoms with Crippen molar-refractivity contribution >= 4 is 0 Å². The summed E-state index contributed by atoms with van der Waals surface area (Å²) in [4.78, 5) is 0. The van der Waals surface area contributed by atoms with Crippen LogP contribution < -0.4 is 0 Å². The Balaban J connectivity index is 2.51. The number of hydrogen-bond acceptors (Lipinski definition) is 2. The van der Waals surface area contributed by atoms with Crippen molar-refractivity contribution in [3.8, 4) is 0 Å². The van der Waals surface area contributed by atoms with E-state index in [1.54, 1.807) is 0 Å². The van der Waals surface area contributed by atoms with Crippen LogP contribution in [0.1, 0.15) is 19.3 Å². The number of halogens is 4. The Morgan fingerprint density at radius 2 is 1.18 bits per heavy atom. The minimum absolute atomic E-state index is 0.141. The summed E-state index contributed by atoms with van der Waals surface area (Å²) in [6.45, 7) is 0. The van der Waals surface area contributed by atoms with Gasteiger partial charge in [0.05, 0.1) is 12.1 Å². The molecule has 11 heavy (non-hydrogen) atoms. The monoisotopic (exact) mass is 172 g/mol. The third-order valence-corrected chi connectivity index (χ3v) is 1.95. The van der Waals surface area contributed by atoms with Gasteiger partial charge in [-0.15, -0.1) is 17.9 Å². The second kappa shape index (κ2) is 3.36. The second-order valence-corrected chi connectivity index (χ2v) is 2.58. The van der Waals surface area contributed by atoms with E-state index in [0.29, 0.717) is 6.42 Å². The first kappa shape index (κ1) is 8.73. The zero-order chi connectivity index (χ0) is 8.43. The third kappa shape index (κ3) is 1.81. The Morgan fingerprint density at radius 1 is 0.818 bits per heavy atom. The van der Waals surface area contributed by atoms with E-state index in [-0.39, 0.29) is 12.8 Å². The van der Waals surface area contributed by atoms with Gasteiger partial charge in [0.1, 0.15) is 0 Å². The van der Waals surface area contributed by atoms with Crippen LogP contribution >= 0.6 is 0 Å². The van der Waals surface area contributed by atoms with Crippen LogP contribution in [0.15, 0.2) is 0 Å². The highest BCUT2D eigenvalue weighted by atomic mass is 19.4. The van der Waals surface area contributed by atoms with Gasteiger partial charge < -0.3 is 0 Å². The predicted octanol–water partition coefficient (Wildman–Crippen LogP) is 2.05. The fourth-order valence-electron chi connectivity index (χ4n) is 1.38. The van der Waals surface area contributed by atoms with Gasteiger partial charge in [-0.1, -0.05) is 0 Å². The van der Waals surface area contributed by atoms with Gasteiger partial charge in [-0.3, -0.25) is 0 Å². The lowest BCUT2D eigenvalue weighted by Gasteiger charge is -2.18. The van der Waals surface area contributed by atoms with Gasteiger partial charge >= 0.3 is 0 Å². The lowest BCUT2D eigenvalue weighted by Crippen LogP contribution is -2.36. The largest absolute Gasteiger partial charge is 0.101 e. The molecule has 1 aliphatic rings. The molecule has 6 heteroatoms. The van der Waals surface area contributed by atoms with E-state index in [0.717, 1.165) is 0 Å². The summed E-state index contributed by atoms with van der Waals surface area (Å²) in [6.07, 6.45) is 0.716. The first-order valence-electron chi connectivity index (χ1n) is 3.34. The van der Waals surface area contributed by atoms with Gasteiger partial charge in [0.15, 0.2) is 0 Å². The molecule has 1 aliphatic carbocycles. The predicted molar refractivity (Wildman–Crippen MR) is 29.5 cm³/mol. The Morgan fingerprint density at radius 3 is 1.45 bits per heavy atom. The van der Waals surface area contributed by atoms with E-state index in [4.69, 9.17) is 0 Å². The van der Waals surface area contributed by atoms with E-state index < -0.39 is 22.8 Å². The molecule has 1 fully saturated rings. The van der Waals surface area contributed by atoms with Crippen LogP contribution in [0.5, 0.6) is 0 Å². The highest BCUT2D eigenvalue weighted by Gasteiger charge is 2.38. The third-order valence-electron chi connectivity index (χ3n) is 1.95. The highest BCUT2D eigenvalue weighted by Crippen LogP contribution is 2.29. The maximum atomic E-state index is 11.8. The smallest absolute Gasteiger partial charge is 0.0939 e.